The van der Waals surface area contributed by atoms with E-state index in [4.69, 9.17) is 4.74 Å². The van der Waals surface area contributed by atoms with Crippen molar-refractivity contribution >= 4 is 16.9 Å². The molecule has 1 atom stereocenters. The van der Waals surface area contributed by atoms with Gasteiger partial charge in [0.05, 0.1) is 11.0 Å². The summed E-state index contributed by atoms with van der Waals surface area (Å²) < 4.78 is 36.1. The van der Waals surface area contributed by atoms with Crippen LogP contribution in [0.15, 0.2) is 12.1 Å². The minimum absolute atomic E-state index is 0.0207. The van der Waals surface area contributed by atoms with E-state index >= 15 is 0 Å². The molecule has 2 fully saturated rings. The van der Waals surface area contributed by atoms with Crippen molar-refractivity contribution in [2.45, 2.75) is 103 Å². The predicted octanol–water partition coefficient (Wildman–Crippen LogP) is 6.20. The van der Waals surface area contributed by atoms with Crippen molar-refractivity contribution in [2.24, 2.45) is 5.92 Å². The van der Waals surface area contributed by atoms with Crippen molar-refractivity contribution in [1.82, 2.24) is 14.9 Å². The summed E-state index contributed by atoms with van der Waals surface area (Å²) in [6.45, 7) is 2.90. The molecule has 1 aromatic carbocycles. The first-order chi connectivity index (χ1) is 16.1. The van der Waals surface area contributed by atoms with Crippen LogP contribution in [0.2, 0.25) is 0 Å². The summed E-state index contributed by atoms with van der Waals surface area (Å²) >= 11 is 0. The summed E-state index contributed by atoms with van der Waals surface area (Å²) in [6, 6.07) is 2.02. The Morgan fingerprint density at radius 3 is 2.45 bits per heavy atom. The fraction of sp³-hybridized carbons (Fsp3) is 0.692. The van der Waals surface area contributed by atoms with Crippen molar-refractivity contribution in [3.8, 4) is 0 Å². The molecule has 1 amide bonds. The van der Waals surface area contributed by atoms with Gasteiger partial charge in [-0.3, -0.25) is 4.79 Å². The number of benzene rings is 1. The van der Waals surface area contributed by atoms with Crippen LogP contribution in [0, 0.1) is 17.6 Å². The first kappa shape index (κ1) is 24.1. The topological polar surface area (TPSA) is 56.2 Å². The second-order valence-electron chi connectivity index (χ2n) is 9.75. The molecule has 1 N–H and O–H groups in total. The second kappa shape index (κ2) is 11.4. The molecule has 0 spiro atoms. The number of imidazole rings is 1. The largest absolute Gasteiger partial charge is 0.374 e. The molecular weight excluding hydrogens is 424 g/mol. The molecule has 0 aliphatic heterocycles. The molecule has 0 radical (unpaired) electrons. The Balaban J connectivity index is 1.72. The van der Waals surface area contributed by atoms with E-state index in [0.29, 0.717) is 23.5 Å². The Kier molecular flexibility index (Phi) is 8.34. The molecule has 1 unspecified atom stereocenters. The number of carbonyl (C=O) groups excluding carboxylic acids is 1. The summed E-state index contributed by atoms with van der Waals surface area (Å²) in [6.07, 6.45) is 12.7. The van der Waals surface area contributed by atoms with Crippen LogP contribution < -0.4 is 5.32 Å². The smallest absolute Gasteiger partial charge is 0.243 e. The normalized spacial score (nSPS) is 19.1. The fourth-order valence-corrected chi connectivity index (χ4v) is 5.49. The van der Waals surface area contributed by atoms with E-state index in [1.807, 2.05) is 4.57 Å². The number of nitrogens with one attached hydrogen (secondary N) is 1. The first-order valence-corrected chi connectivity index (χ1v) is 12.8. The highest BCUT2D eigenvalue weighted by Gasteiger charge is 2.35. The number of carbonyl (C=O) groups is 1. The van der Waals surface area contributed by atoms with Gasteiger partial charge in [0, 0.05) is 24.8 Å². The molecule has 7 heteroatoms. The summed E-state index contributed by atoms with van der Waals surface area (Å²) in [7, 11) is 0. The summed E-state index contributed by atoms with van der Waals surface area (Å²) in [5.41, 5.74) is 0.839. The Labute approximate surface area is 195 Å². The second-order valence-corrected chi connectivity index (χ2v) is 9.75. The predicted molar refractivity (Wildman–Crippen MR) is 125 cm³/mol. The fourth-order valence-electron chi connectivity index (χ4n) is 5.49. The Bertz CT molecular complexity index is 933. The number of rotatable bonds is 9. The van der Waals surface area contributed by atoms with Crippen LogP contribution in [0.25, 0.3) is 11.0 Å². The van der Waals surface area contributed by atoms with Crippen molar-refractivity contribution < 1.29 is 18.3 Å². The van der Waals surface area contributed by atoms with Gasteiger partial charge >= 0.3 is 0 Å². The molecule has 2 aliphatic carbocycles. The van der Waals surface area contributed by atoms with E-state index in [-0.39, 0.29) is 24.5 Å². The van der Waals surface area contributed by atoms with Crippen molar-refractivity contribution in [3.05, 3.63) is 29.6 Å². The SMILES string of the molecule is CCCCOCc1nc2cc(F)c(F)cc2n1C(C(=O)NC1CCCCC1)C1CCCCC1. The molecule has 5 nitrogen and oxygen atoms in total. The van der Waals surface area contributed by atoms with Crippen LogP contribution in [-0.4, -0.2) is 28.1 Å². The molecule has 2 aromatic rings. The van der Waals surface area contributed by atoms with Gasteiger partial charge in [-0.2, -0.15) is 0 Å². The van der Waals surface area contributed by atoms with Crippen LogP contribution in [0.5, 0.6) is 0 Å². The summed E-state index contributed by atoms with van der Waals surface area (Å²) in [5.74, 6) is -1.15. The van der Waals surface area contributed by atoms with Gasteiger partial charge in [-0.05, 0) is 38.0 Å². The molecule has 33 heavy (non-hydrogen) atoms. The van der Waals surface area contributed by atoms with E-state index in [2.05, 4.69) is 17.2 Å². The van der Waals surface area contributed by atoms with Gasteiger partial charge in [0.15, 0.2) is 11.6 Å². The molecule has 2 aliphatic rings. The molecule has 1 aromatic heterocycles. The van der Waals surface area contributed by atoms with E-state index < -0.39 is 17.7 Å². The number of fused-ring (bicyclic) bond motifs is 1. The van der Waals surface area contributed by atoms with E-state index in [0.717, 1.165) is 70.3 Å². The number of ether oxygens (including phenoxy) is 1. The van der Waals surface area contributed by atoms with E-state index in [1.165, 1.54) is 18.9 Å². The minimum atomic E-state index is -0.925. The van der Waals surface area contributed by atoms with Gasteiger partial charge < -0.3 is 14.6 Å². The first-order valence-electron chi connectivity index (χ1n) is 12.8. The number of amides is 1. The molecule has 4 rings (SSSR count). The number of aromatic nitrogens is 2. The van der Waals surface area contributed by atoms with Gasteiger partial charge in [-0.25, -0.2) is 13.8 Å². The van der Waals surface area contributed by atoms with Gasteiger partial charge in [0.2, 0.25) is 5.91 Å². The molecule has 0 saturated heterocycles. The highest BCUT2D eigenvalue weighted by atomic mass is 19.2. The zero-order valence-electron chi connectivity index (χ0n) is 19.8. The Morgan fingerprint density at radius 2 is 1.76 bits per heavy atom. The third kappa shape index (κ3) is 5.73. The average Bonchev–Trinajstić information content (AvgIpc) is 3.15. The van der Waals surface area contributed by atoms with Gasteiger partial charge in [-0.15, -0.1) is 0 Å². The molecule has 1 heterocycles. The third-order valence-electron chi connectivity index (χ3n) is 7.27. The number of hydrogen-bond donors (Lipinski definition) is 1. The average molecular weight is 462 g/mol. The maximum Gasteiger partial charge on any atom is 0.243 e. The molecule has 2 saturated carbocycles. The maximum absolute atomic E-state index is 14.3. The van der Waals surface area contributed by atoms with E-state index in [1.54, 1.807) is 0 Å². The molecular formula is C26H37F2N3O2. The zero-order chi connectivity index (χ0) is 23.2. The standard InChI is InChI=1S/C26H37F2N3O2/c1-2-3-14-33-17-24-30-22-15-20(27)21(28)16-23(22)31(24)25(18-10-6-4-7-11-18)26(32)29-19-12-8-5-9-13-19/h15-16,18-19,25H,2-14,17H2,1H3,(H,29,32). The van der Waals surface area contributed by atoms with Crippen molar-refractivity contribution in [2.75, 3.05) is 6.61 Å². The minimum Gasteiger partial charge on any atom is -0.374 e. The van der Waals surface area contributed by atoms with Crippen LogP contribution >= 0.6 is 0 Å². The number of nitrogens with zero attached hydrogens (tertiary/aromatic N) is 2. The lowest BCUT2D eigenvalue weighted by atomic mass is 9.83. The lowest BCUT2D eigenvalue weighted by molar-refractivity contribution is -0.127. The molecule has 182 valence electrons. The highest BCUT2D eigenvalue weighted by Crippen LogP contribution is 2.37. The van der Waals surface area contributed by atoms with Crippen LogP contribution in [0.3, 0.4) is 0 Å². The quantitative estimate of drug-likeness (QED) is 0.452. The lowest BCUT2D eigenvalue weighted by Gasteiger charge is -2.33. The monoisotopic (exact) mass is 461 g/mol. The lowest BCUT2D eigenvalue weighted by Crippen LogP contribution is -2.43. The third-order valence-corrected chi connectivity index (χ3v) is 7.27. The number of hydrogen-bond acceptors (Lipinski definition) is 3. The maximum atomic E-state index is 14.3. The van der Waals surface area contributed by atoms with E-state index in [9.17, 15) is 13.6 Å². The molecule has 0 bridgehead atoms. The number of unbranched alkanes of at least 4 members (excludes halogenated alkanes) is 1. The van der Waals surface area contributed by atoms with Crippen LogP contribution in [0.4, 0.5) is 8.78 Å². The number of halogens is 2. The van der Waals surface area contributed by atoms with Crippen molar-refractivity contribution in [1.29, 1.82) is 0 Å². The highest BCUT2D eigenvalue weighted by molar-refractivity contribution is 5.85. The van der Waals surface area contributed by atoms with Gasteiger partial charge in [-0.1, -0.05) is 51.9 Å². The Morgan fingerprint density at radius 1 is 1.09 bits per heavy atom. The summed E-state index contributed by atoms with van der Waals surface area (Å²) in [5, 5.41) is 3.30. The van der Waals surface area contributed by atoms with Crippen LogP contribution in [0.1, 0.15) is 95.8 Å². The Hall–Kier alpha value is -2.02. The summed E-state index contributed by atoms with van der Waals surface area (Å²) in [4.78, 5) is 18.4. The zero-order valence-corrected chi connectivity index (χ0v) is 19.8. The van der Waals surface area contributed by atoms with Gasteiger partial charge in [0.25, 0.3) is 0 Å². The van der Waals surface area contributed by atoms with Crippen molar-refractivity contribution in [3.63, 3.8) is 0 Å². The van der Waals surface area contributed by atoms with Gasteiger partial charge in [0.1, 0.15) is 18.5 Å². The van der Waals surface area contributed by atoms with Crippen LogP contribution in [-0.2, 0) is 16.1 Å².